The number of hydrogen-bond donors (Lipinski definition) is 1. The summed E-state index contributed by atoms with van der Waals surface area (Å²) in [6.07, 6.45) is 0. The molecule has 0 aliphatic carbocycles. The molecule has 7 heteroatoms. The lowest BCUT2D eigenvalue weighted by Crippen LogP contribution is -2.02. The van der Waals surface area contributed by atoms with Gasteiger partial charge in [-0.1, -0.05) is 12.1 Å². The first-order valence-corrected chi connectivity index (χ1v) is 6.25. The third-order valence-electron chi connectivity index (χ3n) is 2.21. The van der Waals surface area contributed by atoms with Crippen molar-refractivity contribution in [3.05, 3.63) is 33.5 Å². The van der Waals surface area contributed by atoms with Gasteiger partial charge in [0, 0.05) is 4.47 Å². The fourth-order valence-electron chi connectivity index (χ4n) is 1.34. The van der Waals surface area contributed by atoms with E-state index in [1.54, 1.807) is 0 Å². The van der Waals surface area contributed by atoms with Gasteiger partial charge in [-0.2, -0.15) is 15.0 Å². The molecule has 1 aromatic heterocycles. The van der Waals surface area contributed by atoms with Crippen molar-refractivity contribution in [3.63, 3.8) is 0 Å². The van der Waals surface area contributed by atoms with E-state index in [4.69, 9.17) is 16.3 Å². The summed E-state index contributed by atoms with van der Waals surface area (Å²) in [4.78, 5) is 11.8. The average molecular weight is 330 g/mol. The van der Waals surface area contributed by atoms with Crippen LogP contribution in [0.15, 0.2) is 22.7 Å². The van der Waals surface area contributed by atoms with Crippen LogP contribution in [0.3, 0.4) is 0 Å². The Balaban J connectivity index is 2.34. The summed E-state index contributed by atoms with van der Waals surface area (Å²) in [5.74, 6) is 0.332. The number of rotatable bonds is 3. The molecular formula is C11H10BrClN4O. The molecule has 0 aliphatic heterocycles. The van der Waals surface area contributed by atoms with Gasteiger partial charge in [-0.05, 0) is 46.1 Å². The number of aromatic nitrogens is 3. The van der Waals surface area contributed by atoms with Crippen LogP contribution in [0.5, 0.6) is 6.01 Å². The van der Waals surface area contributed by atoms with Gasteiger partial charge < -0.3 is 10.1 Å². The van der Waals surface area contributed by atoms with Crippen molar-refractivity contribution in [2.24, 2.45) is 0 Å². The maximum absolute atomic E-state index is 5.77. The predicted molar refractivity (Wildman–Crippen MR) is 73.6 cm³/mol. The van der Waals surface area contributed by atoms with Gasteiger partial charge in [-0.15, -0.1) is 0 Å². The third kappa shape index (κ3) is 2.88. The molecule has 0 spiro atoms. The summed E-state index contributed by atoms with van der Waals surface area (Å²) >= 11 is 9.27. The van der Waals surface area contributed by atoms with Crippen LogP contribution in [0.25, 0.3) is 0 Å². The van der Waals surface area contributed by atoms with E-state index >= 15 is 0 Å². The highest BCUT2D eigenvalue weighted by Gasteiger charge is 2.08. The van der Waals surface area contributed by atoms with E-state index in [0.29, 0.717) is 5.95 Å². The number of nitrogens with one attached hydrogen (secondary N) is 1. The van der Waals surface area contributed by atoms with Crippen molar-refractivity contribution < 1.29 is 4.74 Å². The van der Waals surface area contributed by atoms with Gasteiger partial charge in [0.2, 0.25) is 11.2 Å². The Morgan fingerprint density at radius 2 is 2.06 bits per heavy atom. The fourth-order valence-corrected chi connectivity index (χ4v) is 1.86. The number of nitrogens with zero attached hydrogens (tertiary/aromatic N) is 3. The zero-order valence-electron chi connectivity index (χ0n) is 9.74. The standard InChI is InChI=1S/C11H10BrClN4O/c1-6-4-3-5-7(8(6)12)14-10-15-9(13)16-11(17-10)18-2/h3-5H,1-2H3,(H,14,15,16,17). The minimum atomic E-state index is 0.0770. The average Bonchev–Trinajstić information content (AvgIpc) is 2.34. The number of benzene rings is 1. The Labute approximate surface area is 118 Å². The zero-order chi connectivity index (χ0) is 13.1. The second-order valence-electron chi connectivity index (χ2n) is 3.48. The van der Waals surface area contributed by atoms with Crippen molar-refractivity contribution in [2.45, 2.75) is 6.92 Å². The molecule has 1 N–H and O–H groups in total. The van der Waals surface area contributed by atoms with Crippen LogP contribution in [0.1, 0.15) is 5.56 Å². The van der Waals surface area contributed by atoms with Crippen LogP contribution in [0, 0.1) is 6.92 Å². The van der Waals surface area contributed by atoms with Gasteiger partial charge in [0.1, 0.15) is 0 Å². The number of anilines is 2. The van der Waals surface area contributed by atoms with Crippen LogP contribution >= 0.6 is 27.5 Å². The lowest BCUT2D eigenvalue weighted by molar-refractivity contribution is 0.379. The van der Waals surface area contributed by atoms with Crippen LogP contribution < -0.4 is 10.1 Å². The van der Waals surface area contributed by atoms with Crippen LogP contribution in [-0.4, -0.2) is 22.1 Å². The minimum Gasteiger partial charge on any atom is -0.467 e. The molecule has 0 saturated heterocycles. The largest absolute Gasteiger partial charge is 0.467 e. The summed E-state index contributed by atoms with van der Waals surface area (Å²) in [5.41, 5.74) is 1.95. The second-order valence-corrected chi connectivity index (χ2v) is 4.61. The van der Waals surface area contributed by atoms with Gasteiger partial charge in [-0.3, -0.25) is 0 Å². The lowest BCUT2D eigenvalue weighted by Gasteiger charge is -2.09. The van der Waals surface area contributed by atoms with Crippen molar-refractivity contribution in [1.29, 1.82) is 0 Å². The highest BCUT2D eigenvalue weighted by atomic mass is 79.9. The molecule has 1 aromatic carbocycles. The van der Waals surface area contributed by atoms with E-state index in [1.807, 2.05) is 25.1 Å². The maximum Gasteiger partial charge on any atom is 0.322 e. The van der Waals surface area contributed by atoms with Gasteiger partial charge in [0.05, 0.1) is 12.8 Å². The fraction of sp³-hybridized carbons (Fsp3) is 0.182. The molecule has 0 unspecified atom stereocenters. The third-order valence-corrected chi connectivity index (χ3v) is 3.43. The summed E-state index contributed by atoms with van der Waals surface area (Å²) in [6.45, 7) is 2.00. The lowest BCUT2D eigenvalue weighted by atomic mass is 10.2. The molecule has 2 aromatic rings. The summed E-state index contributed by atoms with van der Waals surface area (Å²) in [7, 11) is 1.47. The molecule has 0 atom stereocenters. The van der Waals surface area contributed by atoms with Crippen molar-refractivity contribution in [2.75, 3.05) is 12.4 Å². The molecule has 0 saturated carbocycles. The second kappa shape index (κ2) is 5.49. The Morgan fingerprint density at radius 1 is 1.28 bits per heavy atom. The van der Waals surface area contributed by atoms with Gasteiger partial charge in [0.25, 0.3) is 0 Å². The number of aryl methyl sites for hydroxylation is 1. The predicted octanol–water partition coefficient (Wildman–Crippen LogP) is 3.35. The molecule has 1 heterocycles. The van der Waals surface area contributed by atoms with Gasteiger partial charge >= 0.3 is 6.01 Å². The molecule has 18 heavy (non-hydrogen) atoms. The molecule has 0 bridgehead atoms. The Morgan fingerprint density at radius 3 is 2.78 bits per heavy atom. The van der Waals surface area contributed by atoms with E-state index in [2.05, 4.69) is 36.2 Å². The summed E-state index contributed by atoms with van der Waals surface area (Å²) in [5, 5.41) is 3.13. The molecule has 5 nitrogen and oxygen atoms in total. The van der Waals surface area contributed by atoms with Gasteiger partial charge in [0.15, 0.2) is 0 Å². The van der Waals surface area contributed by atoms with Crippen LogP contribution in [0.2, 0.25) is 5.28 Å². The number of ether oxygens (including phenoxy) is 1. The number of halogens is 2. The molecular weight excluding hydrogens is 320 g/mol. The van der Waals surface area contributed by atoms with Crippen LogP contribution in [-0.2, 0) is 0 Å². The molecule has 0 fully saturated rings. The SMILES string of the molecule is COc1nc(Cl)nc(Nc2cccc(C)c2Br)n1. The Kier molecular flexibility index (Phi) is 3.98. The zero-order valence-corrected chi connectivity index (χ0v) is 12.1. The molecule has 0 aliphatic rings. The van der Waals surface area contributed by atoms with E-state index in [-0.39, 0.29) is 11.3 Å². The Bertz CT molecular complexity index is 579. The molecule has 2 rings (SSSR count). The number of hydrogen-bond acceptors (Lipinski definition) is 5. The summed E-state index contributed by atoms with van der Waals surface area (Å²) in [6, 6.07) is 6.00. The highest BCUT2D eigenvalue weighted by Crippen LogP contribution is 2.28. The van der Waals surface area contributed by atoms with Crippen LogP contribution in [0.4, 0.5) is 11.6 Å². The van der Waals surface area contributed by atoms with E-state index in [1.165, 1.54) is 7.11 Å². The van der Waals surface area contributed by atoms with Crippen molar-refractivity contribution >= 4 is 39.2 Å². The molecule has 0 amide bonds. The van der Waals surface area contributed by atoms with E-state index in [0.717, 1.165) is 15.7 Å². The normalized spacial score (nSPS) is 10.2. The van der Waals surface area contributed by atoms with Crippen molar-refractivity contribution in [1.82, 2.24) is 15.0 Å². The van der Waals surface area contributed by atoms with E-state index in [9.17, 15) is 0 Å². The van der Waals surface area contributed by atoms with Gasteiger partial charge in [-0.25, -0.2) is 0 Å². The minimum absolute atomic E-state index is 0.0770. The topological polar surface area (TPSA) is 59.9 Å². The smallest absolute Gasteiger partial charge is 0.322 e. The molecule has 94 valence electrons. The summed E-state index contributed by atoms with van der Waals surface area (Å²) < 4.78 is 5.87. The highest BCUT2D eigenvalue weighted by molar-refractivity contribution is 9.10. The quantitative estimate of drug-likeness (QED) is 0.936. The van der Waals surface area contributed by atoms with E-state index < -0.39 is 0 Å². The van der Waals surface area contributed by atoms with Crippen molar-refractivity contribution in [3.8, 4) is 6.01 Å². The monoisotopic (exact) mass is 328 g/mol. The maximum atomic E-state index is 5.77. The number of methoxy groups -OCH3 is 1. The first-order valence-electron chi connectivity index (χ1n) is 5.08. The molecule has 0 radical (unpaired) electrons. The first kappa shape index (κ1) is 13.0. The Hall–Kier alpha value is -1.40. The first-order chi connectivity index (χ1) is 8.60.